The number of piperidine rings is 1. The van der Waals surface area contributed by atoms with Crippen molar-refractivity contribution in [1.29, 1.82) is 5.26 Å². The number of benzene rings is 1. The zero-order chi connectivity index (χ0) is 24.1. The Morgan fingerprint density at radius 2 is 1.88 bits per heavy atom. The molecule has 0 bridgehead atoms. The van der Waals surface area contributed by atoms with Gasteiger partial charge in [-0.2, -0.15) is 18.4 Å². The first-order valence-electron chi connectivity index (χ1n) is 11.1. The van der Waals surface area contributed by atoms with Crippen molar-refractivity contribution in [2.75, 3.05) is 49.5 Å². The number of anilines is 2. The van der Waals surface area contributed by atoms with Crippen LogP contribution in [0.5, 0.6) is 5.75 Å². The molecule has 11 heteroatoms. The van der Waals surface area contributed by atoms with Gasteiger partial charge >= 0.3 is 12.2 Å². The van der Waals surface area contributed by atoms with Crippen LogP contribution in [0.15, 0.2) is 36.5 Å². The Bertz CT molecular complexity index is 1040. The van der Waals surface area contributed by atoms with Crippen LogP contribution in [-0.2, 0) is 6.18 Å². The van der Waals surface area contributed by atoms with E-state index in [1.54, 1.807) is 34.2 Å². The molecule has 2 aromatic rings. The highest BCUT2D eigenvalue weighted by atomic mass is 19.4. The molecule has 3 heterocycles. The number of piperazine rings is 1. The SMILES string of the molecule is N#Cc1ccc(N2CCN(C(=O)Nc3ccc(OC4CCNCC4)cn3)CC2)cc1C(F)(F)F. The summed E-state index contributed by atoms with van der Waals surface area (Å²) in [5, 5.41) is 15.0. The lowest BCUT2D eigenvalue weighted by atomic mass is 10.1. The van der Waals surface area contributed by atoms with Gasteiger partial charge in [-0.1, -0.05) is 0 Å². The Hall–Kier alpha value is -3.52. The molecule has 1 aromatic heterocycles. The number of rotatable bonds is 4. The average molecular weight is 474 g/mol. The van der Waals surface area contributed by atoms with Crippen molar-refractivity contribution in [2.24, 2.45) is 0 Å². The minimum Gasteiger partial charge on any atom is -0.489 e. The van der Waals surface area contributed by atoms with Crippen LogP contribution in [0.1, 0.15) is 24.0 Å². The number of nitriles is 1. The zero-order valence-corrected chi connectivity index (χ0v) is 18.4. The summed E-state index contributed by atoms with van der Waals surface area (Å²) in [5.41, 5.74) is -0.988. The number of nitrogens with one attached hydrogen (secondary N) is 2. The van der Waals surface area contributed by atoms with E-state index in [4.69, 9.17) is 10.00 Å². The van der Waals surface area contributed by atoms with E-state index in [2.05, 4.69) is 15.6 Å². The summed E-state index contributed by atoms with van der Waals surface area (Å²) in [7, 11) is 0. The fraction of sp³-hybridized carbons (Fsp3) is 0.435. The Morgan fingerprint density at radius 1 is 1.15 bits per heavy atom. The molecule has 2 fully saturated rings. The number of alkyl halides is 3. The first kappa shape index (κ1) is 23.6. The van der Waals surface area contributed by atoms with E-state index in [0.717, 1.165) is 32.0 Å². The average Bonchev–Trinajstić information content (AvgIpc) is 2.85. The first-order valence-corrected chi connectivity index (χ1v) is 11.1. The molecule has 1 aromatic carbocycles. The monoisotopic (exact) mass is 474 g/mol. The molecule has 34 heavy (non-hydrogen) atoms. The standard InChI is InChI=1S/C23H25F3N6O2/c24-23(25,26)20-13-17(2-1-16(20)14-27)31-9-11-32(12-10-31)22(33)30-21-4-3-19(15-29-21)34-18-5-7-28-8-6-18/h1-4,13,15,18,28H,5-12H2,(H,29,30,33). The number of hydrogen-bond acceptors (Lipinski definition) is 6. The molecule has 180 valence electrons. The van der Waals surface area contributed by atoms with Crippen LogP contribution in [0.2, 0.25) is 0 Å². The van der Waals surface area contributed by atoms with Crippen molar-refractivity contribution >= 4 is 17.5 Å². The van der Waals surface area contributed by atoms with Crippen LogP contribution in [-0.4, -0.2) is 61.3 Å². The third-order valence-electron chi connectivity index (χ3n) is 5.92. The fourth-order valence-corrected chi connectivity index (χ4v) is 4.05. The maximum Gasteiger partial charge on any atom is 0.417 e. The predicted octanol–water partition coefficient (Wildman–Crippen LogP) is 3.46. The summed E-state index contributed by atoms with van der Waals surface area (Å²) >= 11 is 0. The highest BCUT2D eigenvalue weighted by Crippen LogP contribution is 2.34. The third-order valence-corrected chi connectivity index (χ3v) is 5.92. The number of aromatic nitrogens is 1. The highest BCUT2D eigenvalue weighted by Gasteiger charge is 2.34. The van der Waals surface area contributed by atoms with Crippen LogP contribution >= 0.6 is 0 Å². The number of amides is 2. The van der Waals surface area contributed by atoms with Crippen molar-refractivity contribution in [3.8, 4) is 11.8 Å². The quantitative estimate of drug-likeness (QED) is 0.705. The third kappa shape index (κ3) is 5.69. The summed E-state index contributed by atoms with van der Waals surface area (Å²) in [4.78, 5) is 20.2. The Labute approximate surface area is 195 Å². The summed E-state index contributed by atoms with van der Waals surface area (Å²) < 4.78 is 45.7. The Balaban J connectivity index is 1.30. The lowest BCUT2D eigenvalue weighted by Gasteiger charge is -2.36. The summed E-state index contributed by atoms with van der Waals surface area (Å²) in [6, 6.07) is 8.39. The second-order valence-electron chi connectivity index (χ2n) is 8.19. The summed E-state index contributed by atoms with van der Waals surface area (Å²) in [6.07, 6.45) is -1.000. The fourth-order valence-electron chi connectivity index (χ4n) is 4.05. The van der Waals surface area contributed by atoms with Gasteiger partial charge in [0.05, 0.1) is 23.4 Å². The molecule has 0 unspecified atom stereocenters. The van der Waals surface area contributed by atoms with Crippen LogP contribution < -0.4 is 20.3 Å². The van der Waals surface area contributed by atoms with E-state index in [9.17, 15) is 18.0 Å². The van der Waals surface area contributed by atoms with Gasteiger partial charge in [0.15, 0.2) is 0 Å². The molecule has 8 nitrogen and oxygen atoms in total. The number of pyridine rings is 1. The summed E-state index contributed by atoms with van der Waals surface area (Å²) in [6.45, 7) is 3.26. The van der Waals surface area contributed by atoms with Gasteiger partial charge < -0.3 is 19.9 Å². The number of urea groups is 1. The van der Waals surface area contributed by atoms with E-state index in [-0.39, 0.29) is 12.1 Å². The lowest BCUT2D eigenvalue weighted by molar-refractivity contribution is -0.137. The normalized spacial score (nSPS) is 17.2. The molecule has 0 spiro atoms. The smallest absolute Gasteiger partial charge is 0.417 e. The molecule has 4 rings (SSSR count). The maximum absolute atomic E-state index is 13.3. The minimum absolute atomic E-state index is 0.156. The van der Waals surface area contributed by atoms with Crippen LogP contribution in [0.4, 0.5) is 29.5 Å². The van der Waals surface area contributed by atoms with Gasteiger partial charge in [-0.25, -0.2) is 9.78 Å². The van der Waals surface area contributed by atoms with Crippen molar-refractivity contribution in [3.05, 3.63) is 47.7 Å². The van der Waals surface area contributed by atoms with Crippen molar-refractivity contribution in [1.82, 2.24) is 15.2 Å². The molecule has 2 saturated heterocycles. The van der Waals surface area contributed by atoms with Gasteiger partial charge in [0.1, 0.15) is 17.7 Å². The van der Waals surface area contributed by atoms with Gasteiger partial charge in [-0.3, -0.25) is 5.32 Å². The molecule has 2 N–H and O–H groups in total. The molecule has 0 atom stereocenters. The molecule has 2 amide bonds. The van der Waals surface area contributed by atoms with E-state index in [0.29, 0.717) is 43.4 Å². The molecule has 2 aliphatic rings. The number of nitrogens with zero attached hydrogens (tertiary/aromatic N) is 4. The predicted molar refractivity (Wildman–Crippen MR) is 120 cm³/mol. The second kappa shape index (κ2) is 10.2. The van der Waals surface area contributed by atoms with Crippen LogP contribution in [0, 0.1) is 11.3 Å². The van der Waals surface area contributed by atoms with Gasteiger partial charge in [0, 0.05) is 31.9 Å². The van der Waals surface area contributed by atoms with Crippen LogP contribution in [0.25, 0.3) is 0 Å². The summed E-state index contributed by atoms with van der Waals surface area (Å²) in [5.74, 6) is 1.05. The highest BCUT2D eigenvalue weighted by molar-refractivity contribution is 5.88. The van der Waals surface area contributed by atoms with E-state index in [1.165, 1.54) is 12.1 Å². The number of carbonyl (C=O) groups is 1. The number of ether oxygens (including phenoxy) is 1. The zero-order valence-electron chi connectivity index (χ0n) is 18.4. The van der Waals surface area contributed by atoms with Gasteiger partial charge in [-0.15, -0.1) is 0 Å². The number of carbonyl (C=O) groups excluding carboxylic acids is 1. The van der Waals surface area contributed by atoms with Crippen molar-refractivity contribution in [3.63, 3.8) is 0 Å². The van der Waals surface area contributed by atoms with Crippen molar-refractivity contribution in [2.45, 2.75) is 25.1 Å². The number of hydrogen-bond donors (Lipinski definition) is 2. The largest absolute Gasteiger partial charge is 0.489 e. The molecule has 0 saturated carbocycles. The number of halogens is 3. The topological polar surface area (TPSA) is 93.5 Å². The molecular weight excluding hydrogens is 449 g/mol. The van der Waals surface area contributed by atoms with E-state index >= 15 is 0 Å². The van der Waals surface area contributed by atoms with Gasteiger partial charge in [-0.05, 0) is 56.3 Å². The lowest BCUT2D eigenvalue weighted by Crippen LogP contribution is -2.50. The molecule has 2 aliphatic heterocycles. The second-order valence-corrected chi connectivity index (χ2v) is 8.19. The first-order chi connectivity index (χ1) is 16.3. The van der Waals surface area contributed by atoms with E-state index in [1.807, 2.05) is 0 Å². The molecule has 0 radical (unpaired) electrons. The van der Waals surface area contributed by atoms with Gasteiger partial charge in [0.25, 0.3) is 0 Å². The Kier molecular flexibility index (Phi) is 7.07. The van der Waals surface area contributed by atoms with Crippen LogP contribution in [0.3, 0.4) is 0 Å². The minimum atomic E-state index is -4.61. The van der Waals surface area contributed by atoms with E-state index < -0.39 is 17.3 Å². The van der Waals surface area contributed by atoms with Crippen molar-refractivity contribution < 1.29 is 22.7 Å². The molecular formula is C23H25F3N6O2. The molecule has 0 aliphatic carbocycles. The Morgan fingerprint density at radius 3 is 2.50 bits per heavy atom. The van der Waals surface area contributed by atoms with Gasteiger partial charge in [0.2, 0.25) is 0 Å². The maximum atomic E-state index is 13.3.